The van der Waals surface area contributed by atoms with Crippen molar-refractivity contribution in [3.63, 3.8) is 0 Å². The van der Waals surface area contributed by atoms with Gasteiger partial charge in [0.15, 0.2) is 5.78 Å². The maximum absolute atomic E-state index is 12.2. The first-order valence-electron chi connectivity index (χ1n) is 5.58. The number of nitrogens with zero attached hydrogens (tertiary/aromatic N) is 1. The number of aryl methyl sites for hydroxylation is 1. The average Bonchev–Trinajstić information content (AvgIpc) is 2.27. The maximum atomic E-state index is 12.2. The summed E-state index contributed by atoms with van der Waals surface area (Å²) in [5, 5.41) is 0. The predicted molar refractivity (Wildman–Crippen MR) is 64.2 cm³/mol. The highest BCUT2D eigenvalue weighted by molar-refractivity contribution is 7.89. The maximum Gasteiger partial charge on any atom is 0.244 e. The van der Waals surface area contributed by atoms with E-state index in [0.29, 0.717) is 6.42 Å². The third kappa shape index (κ3) is 2.00. The number of hydrogen-bond acceptors (Lipinski definition) is 3. The SMILES string of the molecule is CC[C@H]1C(=O)CN1S(=O)(=O)c1ccc(C)cc1. The number of Topliss-reactive ketones (excluding diaryl/α,β-unsaturated/α-hetero) is 1. The van der Waals surface area contributed by atoms with Crippen molar-refractivity contribution < 1.29 is 13.2 Å². The van der Waals surface area contributed by atoms with Gasteiger partial charge in [0.2, 0.25) is 10.0 Å². The Kier molecular flexibility index (Phi) is 3.05. The van der Waals surface area contributed by atoms with Gasteiger partial charge in [0, 0.05) is 0 Å². The second kappa shape index (κ2) is 4.23. The van der Waals surface area contributed by atoms with E-state index in [9.17, 15) is 13.2 Å². The van der Waals surface area contributed by atoms with Crippen molar-refractivity contribution >= 4 is 15.8 Å². The summed E-state index contributed by atoms with van der Waals surface area (Å²) >= 11 is 0. The van der Waals surface area contributed by atoms with Crippen molar-refractivity contribution in [2.24, 2.45) is 0 Å². The molecule has 4 nitrogen and oxygen atoms in total. The summed E-state index contributed by atoms with van der Waals surface area (Å²) in [5.74, 6) is 0.00295. The average molecular weight is 253 g/mol. The minimum atomic E-state index is -3.50. The zero-order valence-electron chi connectivity index (χ0n) is 9.88. The fourth-order valence-corrected chi connectivity index (χ4v) is 3.60. The molecular formula is C12H15NO3S. The van der Waals surface area contributed by atoms with Gasteiger partial charge in [-0.15, -0.1) is 0 Å². The molecule has 1 aliphatic heterocycles. The fraction of sp³-hybridized carbons (Fsp3) is 0.417. The molecule has 1 fully saturated rings. The lowest BCUT2D eigenvalue weighted by Gasteiger charge is -2.37. The highest BCUT2D eigenvalue weighted by atomic mass is 32.2. The first kappa shape index (κ1) is 12.3. The quantitative estimate of drug-likeness (QED) is 0.817. The van der Waals surface area contributed by atoms with E-state index in [1.165, 1.54) is 4.31 Å². The van der Waals surface area contributed by atoms with Gasteiger partial charge >= 0.3 is 0 Å². The molecule has 0 N–H and O–H groups in total. The Bertz CT molecular complexity index is 533. The van der Waals surface area contributed by atoms with Gasteiger partial charge in [-0.25, -0.2) is 8.42 Å². The van der Waals surface area contributed by atoms with Gasteiger partial charge in [-0.3, -0.25) is 4.79 Å². The van der Waals surface area contributed by atoms with Crippen LogP contribution in [0, 0.1) is 6.92 Å². The van der Waals surface area contributed by atoms with Gasteiger partial charge in [-0.1, -0.05) is 24.6 Å². The van der Waals surface area contributed by atoms with Gasteiger partial charge in [0.25, 0.3) is 0 Å². The molecule has 1 atom stereocenters. The second-order valence-corrected chi connectivity index (χ2v) is 6.14. The van der Waals surface area contributed by atoms with E-state index in [-0.39, 0.29) is 17.2 Å². The summed E-state index contributed by atoms with van der Waals surface area (Å²) < 4.78 is 25.7. The molecule has 0 unspecified atom stereocenters. The number of ketones is 1. The van der Waals surface area contributed by atoms with E-state index in [0.717, 1.165) is 5.56 Å². The minimum absolute atomic E-state index is 0.00295. The highest BCUT2D eigenvalue weighted by Gasteiger charge is 2.44. The van der Waals surface area contributed by atoms with Crippen LogP contribution >= 0.6 is 0 Å². The van der Waals surface area contributed by atoms with E-state index in [4.69, 9.17) is 0 Å². The Morgan fingerprint density at radius 2 is 1.88 bits per heavy atom. The van der Waals surface area contributed by atoms with Crippen LogP contribution < -0.4 is 0 Å². The lowest BCUT2D eigenvalue weighted by Crippen LogP contribution is -2.58. The van der Waals surface area contributed by atoms with Gasteiger partial charge in [-0.05, 0) is 25.5 Å². The molecule has 2 rings (SSSR count). The standard InChI is InChI=1S/C12H15NO3S/c1-3-11-12(14)8-13(11)17(15,16)10-6-4-9(2)5-7-10/h4-7,11H,3,8H2,1-2H3/t11-/m0/s1. The van der Waals surface area contributed by atoms with Crippen molar-refractivity contribution in [2.75, 3.05) is 6.54 Å². The molecule has 0 aromatic heterocycles. The molecule has 5 heteroatoms. The molecule has 0 aliphatic carbocycles. The van der Waals surface area contributed by atoms with Crippen LogP contribution in [0.5, 0.6) is 0 Å². The Labute approximate surface area is 101 Å². The van der Waals surface area contributed by atoms with Crippen LogP contribution in [-0.4, -0.2) is 31.1 Å². The Balaban J connectivity index is 2.31. The molecule has 1 aliphatic rings. The van der Waals surface area contributed by atoms with Crippen LogP contribution in [0.1, 0.15) is 18.9 Å². The van der Waals surface area contributed by atoms with E-state index in [2.05, 4.69) is 0 Å². The van der Waals surface area contributed by atoms with Gasteiger partial charge in [0.05, 0.1) is 17.5 Å². The molecule has 92 valence electrons. The first-order chi connectivity index (χ1) is 7.96. The van der Waals surface area contributed by atoms with Gasteiger partial charge in [-0.2, -0.15) is 4.31 Å². The van der Waals surface area contributed by atoms with Crippen molar-refractivity contribution in [1.29, 1.82) is 0 Å². The third-order valence-corrected chi connectivity index (χ3v) is 4.91. The molecule has 0 radical (unpaired) electrons. The summed E-state index contributed by atoms with van der Waals surface area (Å²) in [6, 6.07) is 6.21. The van der Waals surface area contributed by atoms with Crippen molar-refractivity contribution in [3.8, 4) is 0 Å². The lowest BCUT2D eigenvalue weighted by molar-refractivity contribution is -0.131. The number of carbonyl (C=O) groups excluding carboxylic acids is 1. The smallest absolute Gasteiger partial charge is 0.244 e. The van der Waals surface area contributed by atoms with Crippen molar-refractivity contribution in [2.45, 2.75) is 31.2 Å². The molecule has 0 saturated carbocycles. The zero-order valence-corrected chi connectivity index (χ0v) is 10.7. The molecule has 0 amide bonds. The predicted octanol–water partition coefficient (Wildman–Crippen LogP) is 1.35. The summed E-state index contributed by atoms with van der Waals surface area (Å²) in [5.41, 5.74) is 1.01. The van der Waals surface area contributed by atoms with Crippen LogP contribution in [0.15, 0.2) is 29.2 Å². The Hall–Kier alpha value is -1.20. The molecule has 0 bridgehead atoms. The molecule has 0 spiro atoms. The van der Waals surface area contributed by atoms with E-state index < -0.39 is 16.1 Å². The van der Waals surface area contributed by atoms with Crippen LogP contribution in [0.4, 0.5) is 0 Å². The Morgan fingerprint density at radius 3 is 2.35 bits per heavy atom. The number of carbonyl (C=O) groups is 1. The van der Waals surface area contributed by atoms with Gasteiger partial charge in [0.1, 0.15) is 0 Å². The van der Waals surface area contributed by atoms with Crippen LogP contribution in [0.2, 0.25) is 0 Å². The minimum Gasteiger partial charge on any atom is -0.296 e. The van der Waals surface area contributed by atoms with Gasteiger partial charge < -0.3 is 0 Å². The lowest BCUT2D eigenvalue weighted by atomic mass is 10.0. The van der Waals surface area contributed by atoms with Crippen LogP contribution in [0.3, 0.4) is 0 Å². The summed E-state index contributed by atoms with van der Waals surface area (Å²) in [6.45, 7) is 3.73. The number of sulfonamides is 1. The largest absolute Gasteiger partial charge is 0.296 e. The molecule has 1 aromatic rings. The molecule has 1 heterocycles. The zero-order chi connectivity index (χ0) is 12.6. The van der Waals surface area contributed by atoms with E-state index >= 15 is 0 Å². The molecule has 1 saturated heterocycles. The number of rotatable bonds is 3. The molecule has 17 heavy (non-hydrogen) atoms. The first-order valence-corrected chi connectivity index (χ1v) is 7.02. The third-order valence-electron chi connectivity index (χ3n) is 3.05. The topological polar surface area (TPSA) is 54.5 Å². The van der Waals surface area contributed by atoms with E-state index in [1.54, 1.807) is 24.3 Å². The van der Waals surface area contributed by atoms with Crippen molar-refractivity contribution in [3.05, 3.63) is 29.8 Å². The second-order valence-electron chi connectivity index (χ2n) is 4.25. The molecular weight excluding hydrogens is 238 g/mol. The number of hydrogen-bond donors (Lipinski definition) is 0. The molecule has 1 aromatic carbocycles. The summed E-state index contributed by atoms with van der Waals surface area (Å²) in [4.78, 5) is 11.6. The summed E-state index contributed by atoms with van der Waals surface area (Å²) in [6.07, 6.45) is 0.532. The van der Waals surface area contributed by atoms with Crippen molar-refractivity contribution in [1.82, 2.24) is 4.31 Å². The summed E-state index contributed by atoms with van der Waals surface area (Å²) in [7, 11) is -3.50. The number of benzene rings is 1. The Morgan fingerprint density at radius 1 is 1.29 bits per heavy atom. The van der Waals surface area contributed by atoms with Crippen LogP contribution in [-0.2, 0) is 14.8 Å². The highest BCUT2D eigenvalue weighted by Crippen LogP contribution is 2.26. The van der Waals surface area contributed by atoms with Crippen LogP contribution in [0.25, 0.3) is 0 Å². The normalized spacial score (nSPS) is 21.3. The monoisotopic (exact) mass is 253 g/mol. The van der Waals surface area contributed by atoms with E-state index in [1.807, 2.05) is 13.8 Å². The fourth-order valence-electron chi connectivity index (χ4n) is 1.95.